The van der Waals surface area contributed by atoms with Crippen LogP contribution >= 0.6 is 0 Å². The summed E-state index contributed by atoms with van der Waals surface area (Å²) in [6.45, 7) is 0. The largest absolute Gasteiger partial charge is 0.282 e. The van der Waals surface area contributed by atoms with Crippen LogP contribution in [0.15, 0.2) is 54.7 Å². The Kier molecular flexibility index (Phi) is 3.16. The average Bonchev–Trinajstić information content (AvgIpc) is 2.93. The quantitative estimate of drug-likeness (QED) is 0.536. The fourth-order valence-corrected chi connectivity index (χ4v) is 2.38. The molecule has 0 aliphatic heterocycles. The van der Waals surface area contributed by atoms with Crippen LogP contribution in [-0.2, 0) is 0 Å². The summed E-state index contributed by atoms with van der Waals surface area (Å²) < 4.78 is 1.27. The first-order chi connectivity index (χ1) is 10.6. The number of nitrogens with zero attached hydrogens (tertiary/aromatic N) is 3. The number of benzene rings is 2. The first kappa shape index (κ1) is 13.5. The predicted molar refractivity (Wildman–Crippen MR) is 79.5 cm³/mol. The zero-order chi connectivity index (χ0) is 15.7. The lowest BCUT2D eigenvalue weighted by Crippen LogP contribution is -2.12. The maximum Gasteiger partial charge on any atom is 0.282 e. The Morgan fingerprint density at radius 1 is 1.14 bits per heavy atom. The summed E-state index contributed by atoms with van der Waals surface area (Å²) in [5, 5.41) is 20.9. The smallest absolute Gasteiger partial charge is 0.282 e. The third kappa shape index (κ3) is 2.01. The molecule has 0 fully saturated rings. The molecule has 1 aromatic heterocycles. The highest BCUT2D eigenvalue weighted by atomic mass is 16.6. The number of rotatable bonds is 2. The van der Waals surface area contributed by atoms with Gasteiger partial charge in [0.2, 0.25) is 0 Å². The minimum Gasteiger partial charge on any atom is -0.282 e. The fourth-order valence-electron chi connectivity index (χ4n) is 2.38. The summed E-state index contributed by atoms with van der Waals surface area (Å²) in [5.74, 6) is -0.537. The van der Waals surface area contributed by atoms with Crippen LogP contribution in [-0.4, -0.2) is 15.4 Å². The molecule has 0 amide bonds. The van der Waals surface area contributed by atoms with E-state index in [0.717, 1.165) is 0 Å². The van der Waals surface area contributed by atoms with E-state index in [9.17, 15) is 14.9 Å². The Balaban J connectivity index is 2.23. The third-order valence-corrected chi connectivity index (χ3v) is 3.38. The number of nitro groups is 1. The van der Waals surface area contributed by atoms with Crippen molar-refractivity contribution in [3.05, 3.63) is 76.0 Å². The normalized spacial score (nSPS) is 10.3. The molecule has 0 aliphatic rings. The average molecular weight is 291 g/mol. The van der Waals surface area contributed by atoms with Crippen LogP contribution in [0.1, 0.15) is 15.9 Å². The van der Waals surface area contributed by atoms with Crippen LogP contribution in [0.25, 0.3) is 10.9 Å². The Morgan fingerprint density at radius 3 is 2.55 bits per heavy atom. The van der Waals surface area contributed by atoms with Gasteiger partial charge in [-0.25, -0.2) is 0 Å². The Morgan fingerprint density at radius 2 is 1.82 bits per heavy atom. The molecule has 0 saturated carbocycles. The zero-order valence-electron chi connectivity index (χ0n) is 11.3. The molecule has 6 nitrogen and oxygen atoms in total. The van der Waals surface area contributed by atoms with E-state index in [0.29, 0.717) is 16.5 Å². The van der Waals surface area contributed by atoms with Gasteiger partial charge in [-0.3, -0.25) is 19.5 Å². The van der Waals surface area contributed by atoms with Crippen LogP contribution < -0.4 is 0 Å². The molecule has 2 aromatic carbocycles. The van der Waals surface area contributed by atoms with Crippen molar-refractivity contribution in [3.63, 3.8) is 0 Å². The van der Waals surface area contributed by atoms with Crippen LogP contribution in [0.5, 0.6) is 0 Å². The topological polar surface area (TPSA) is 88.9 Å². The minimum atomic E-state index is -0.593. The minimum absolute atomic E-state index is 0.0160. The molecule has 0 atom stereocenters. The molecule has 0 saturated heterocycles. The number of hydrogen-bond acceptors (Lipinski definition) is 4. The van der Waals surface area contributed by atoms with Gasteiger partial charge in [0.15, 0.2) is 0 Å². The van der Waals surface area contributed by atoms with E-state index in [1.54, 1.807) is 30.3 Å². The molecule has 0 N–H and O–H groups in total. The number of carbonyl (C=O) groups excluding carboxylic acids is 1. The SMILES string of the molecule is N#Cc1cn(C(=O)c2ccccc2[N+](=O)[O-])c2ccccc12. The molecular weight excluding hydrogens is 282 g/mol. The number of nitro benzene ring substituents is 1. The van der Waals surface area contributed by atoms with Crippen molar-refractivity contribution < 1.29 is 9.72 Å². The van der Waals surface area contributed by atoms with Gasteiger partial charge in [-0.15, -0.1) is 0 Å². The summed E-state index contributed by atoms with van der Waals surface area (Å²) >= 11 is 0. The molecule has 0 bridgehead atoms. The maximum atomic E-state index is 12.7. The molecular formula is C16H9N3O3. The first-order valence-corrected chi connectivity index (χ1v) is 6.42. The van der Waals surface area contributed by atoms with Gasteiger partial charge < -0.3 is 0 Å². The van der Waals surface area contributed by atoms with Gasteiger partial charge >= 0.3 is 0 Å². The van der Waals surface area contributed by atoms with Crippen molar-refractivity contribution in [1.29, 1.82) is 5.26 Å². The summed E-state index contributed by atoms with van der Waals surface area (Å²) in [6, 6.07) is 14.7. The van der Waals surface area contributed by atoms with Crippen molar-refractivity contribution in [2.75, 3.05) is 0 Å². The number of carbonyl (C=O) groups is 1. The summed E-state index contributed by atoms with van der Waals surface area (Å²) in [4.78, 5) is 23.1. The number of para-hydroxylation sites is 2. The number of fused-ring (bicyclic) bond motifs is 1. The summed E-state index contributed by atoms with van der Waals surface area (Å²) in [7, 11) is 0. The van der Waals surface area contributed by atoms with Gasteiger partial charge in [0.1, 0.15) is 11.6 Å². The van der Waals surface area contributed by atoms with E-state index >= 15 is 0 Å². The second-order valence-corrected chi connectivity index (χ2v) is 4.62. The third-order valence-electron chi connectivity index (χ3n) is 3.38. The highest BCUT2D eigenvalue weighted by molar-refractivity contribution is 6.05. The Labute approximate surface area is 125 Å². The Hall–Kier alpha value is -3.46. The second kappa shape index (κ2) is 5.14. The maximum absolute atomic E-state index is 12.7. The molecule has 3 aromatic rings. The molecule has 0 aliphatic carbocycles. The van der Waals surface area contributed by atoms with E-state index in [1.165, 1.54) is 29.0 Å². The molecule has 0 spiro atoms. The highest BCUT2D eigenvalue weighted by Gasteiger charge is 2.22. The van der Waals surface area contributed by atoms with Gasteiger partial charge in [0, 0.05) is 17.6 Å². The molecule has 0 unspecified atom stereocenters. The number of hydrogen-bond donors (Lipinski definition) is 0. The summed E-state index contributed by atoms with van der Waals surface area (Å²) in [5.41, 5.74) is 0.617. The van der Waals surface area contributed by atoms with Gasteiger partial charge in [0.05, 0.1) is 16.0 Å². The lowest BCUT2D eigenvalue weighted by molar-refractivity contribution is -0.385. The predicted octanol–water partition coefficient (Wildman–Crippen LogP) is 3.11. The van der Waals surface area contributed by atoms with Crippen molar-refractivity contribution >= 4 is 22.5 Å². The second-order valence-electron chi connectivity index (χ2n) is 4.62. The molecule has 1 heterocycles. The van der Waals surface area contributed by atoms with Gasteiger partial charge in [-0.1, -0.05) is 30.3 Å². The number of nitriles is 1. The summed E-state index contributed by atoms with van der Waals surface area (Å²) in [6.07, 6.45) is 1.41. The number of aromatic nitrogens is 1. The van der Waals surface area contributed by atoms with E-state index < -0.39 is 10.8 Å². The van der Waals surface area contributed by atoms with E-state index in [-0.39, 0.29) is 11.3 Å². The molecule has 106 valence electrons. The van der Waals surface area contributed by atoms with Crippen LogP contribution in [0.4, 0.5) is 5.69 Å². The Bertz CT molecular complexity index is 951. The molecule has 0 radical (unpaired) electrons. The zero-order valence-corrected chi connectivity index (χ0v) is 11.3. The highest BCUT2D eigenvalue weighted by Crippen LogP contribution is 2.24. The molecule has 6 heteroatoms. The van der Waals surface area contributed by atoms with Crippen LogP contribution in [0.3, 0.4) is 0 Å². The lowest BCUT2D eigenvalue weighted by atomic mass is 10.1. The van der Waals surface area contributed by atoms with Crippen molar-refractivity contribution in [2.45, 2.75) is 0 Å². The van der Waals surface area contributed by atoms with Gasteiger partial charge in [-0.2, -0.15) is 5.26 Å². The van der Waals surface area contributed by atoms with Crippen LogP contribution in [0.2, 0.25) is 0 Å². The standard InChI is InChI=1S/C16H9N3O3/c17-9-11-10-18(14-7-3-1-5-12(11)14)16(20)13-6-2-4-8-15(13)19(21)22/h1-8,10H. The fraction of sp³-hybridized carbons (Fsp3) is 0. The lowest BCUT2D eigenvalue weighted by Gasteiger charge is -2.04. The van der Waals surface area contributed by atoms with Crippen molar-refractivity contribution in [2.24, 2.45) is 0 Å². The monoisotopic (exact) mass is 291 g/mol. The first-order valence-electron chi connectivity index (χ1n) is 6.42. The van der Waals surface area contributed by atoms with Gasteiger partial charge in [-0.05, 0) is 12.1 Å². The molecule has 3 rings (SSSR count). The van der Waals surface area contributed by atoms with Gasteiger partial charge in [0.25, 0.3) is 11.6 Å². The van der Waals surface area contributed by atoms with Crippen molar-refractivity contribution in [1.82, 2.24) is 4.57 Å². The van der Waals surface area contributed by atoms with Crippen molar-refractivity contribution in [3.8, 4) is 6.07 Å². The van der Waals surface area contributed by atoms with E-state index in [1.807, 2.05) is 6.07 Å². The molecule has 22 heavy (non-hydrogen) atoms. The van der Waals surface area contributed by atoms with E-state index in [2.05, 4.69) is 0 Å². The van der Waals surface area contributed by atoms with Crippen LogP contribution in [0, 0.1) is 21.4 Å². The van der Waals surface area contributed by atoms with E-state index in [4.69, 9.17) is 5.26 Å².